The molecule has 0 heterocycles. The number of hydrogen-bond donors (Lipinski definition) is 1. The first-order chi connectivity index (χ1) is 7.60. The number of nitrogens with zero attached hydrogens (tertiary/aromatic N) is 1. The molecular weight excluding hydrogens is 222 g/mol. The minimum Gasteiger partial charge on any atom is -0.827 e. The van der Waals surface area contributed by atoms with E-state index in [1.165, 1.54) is 0 Å². The van der Waals surface area contributed by atoms with Crippen molar-refractivity contribution in [1.29, 1.82) is 0 Å². The Morgan fingerprint density at radius 1 is 1.47 bits per heavy atom. The lowest BCUT2D eigenvalue weighted by atomic mass is 9.91. The van der Waals surface area contributed by atoms with E-state index in [2.05, 4.69) is 0 Å². The molecule has 0 aliphatic heterocycles. The van der Waals surface area contributed by atoms with Crippen molar-refractivity contribution in [1.82, 2.24) is 0 Å². The van der Waals surface area contributed by atoms with Crippen LogP contribution < -0.4 is 5.11 Å². The molecule has 0 aliphatic rings. The number of hydrogen-bond acceptors (Lipinski definition) is 4. The number of ether oxygens (including phenoxy) is 1. The Morgan fingerprint density at radius 3 is 2.41 bits per heavy atom. The summed E-state index contributed by atoms with van der Waals surface area (Å²) in [7, 11) is 3.64. The maximum atomic E-state index is 11.7. The molecule has 0 saturated carbocycles. The number of likely N-dealkylation sites (N-methyl/N-ethyl adjacent to an activating group) is 1. The molecular formula is C12H25NO4. The first kappa shape index (κ1) is 16.4. The summed E-state index contributed by atoms with van der Waals surface area (Å²) in [6.45, 7) is 6.52. The van der Waals surface area contributed by atoms with Gasteiger partial charge in [-0.1, -0.05) is 6.92 Å². The molecule has 102 valence electrons. The first-order valence-electron chi connectivity index (χ1n) is 5.94. The van der Waals surface area contributed by atoms with Gasteiger partial charge in [-0.05, 0) is 20.3 Å². The van der Waals surface area contributed by atoms with Gasteiger partial charge in [0.05, 0.1) is 26.1 Å². The minimum absolute atomic E-state index is 0.106. The summed E-state index contributed by atoms with van der Waals surface area (Å²) in [6, 6.07) is 0. The van der Waals surface area contributed by atoms with Crippen LogP contribution >= 0.6 is 0 Å². The lowest BCUT2D eigenvalue weighted by molar-refractivity contribution is -0.903. The van der Waals surface area contributed by atoms with E-state index >= 15 is 0 Å². The van der Waals surface area contributed by atoms with E-state index in [1.807, 2.05) is 34.9 Å². The van der Waals surface area contributed by atoms with Crippen molar-refractivity contribution in [2.45, 2.75) is 33.5 Å². The zero-order valence-corrected chi connectivity index (χ0v) is 11.5. The summed E-state index contributed by atoms with van der Waals surface area (Å²) < 4.78 is 5.51. The zero-order chi connectivity index (χ0) is 13.7. The molecule has 17 heavy (non-hydrogen) atoms. The Bertz CT molecular complexity index is 249. The number of carbonyl (C=O) groups excluding carboxylic acids is 1. The van der Waals surface area contributed by atoms with E-state index in [-0.39, 0.29) is 19.1 Å². The number of aliphatic hydroxyl groups excluding tert-OH is 1. The van der Waals surface area contributed by atoms with Gasteiger partial charge in [0.25, 0.3) is 0 Å². The van der Waals surface area contributed by atoms with Crippen molar-refractivity contribution < 1.29 is 24.2 Å². The van der Waals surface area contributed by atoms with Gasteiger partial charge in [0.1, 0.15) is 13.2 Å². The van der Waals surface area contributed by atoms with Crippen molar-refractivity contribution in [3.8, 4) is 0 Å². The lowest BCUT2D eigenvalue weighted by Gasteiger charge is -2.33. The SMILES string of the molecule is CCC(C)(C)C(=O)OCC[N+](C)(C)CC([O-])O. The van der Waals surface area contributed by atoms with Gasteiger partial charge < -0.3 is 19.4 Å². The Labute approximate surface area is 104 Å². The molecule has 0 aromatic rings. The highest BCUT2D eigenvalue weighted by Crippen LogP contribution is 2.21. The van der Waals surface area contributed by atoms with Gasteiger partial charge in [0.15, 0.2) is 0 Å². The Balaban J connectivity index is 4.03. The maximum Gasteiger partial charge on any atom is 0.311 e. The first-order valence-corrected chi connectivity index (χ1v) is 5.94. The molecule has 1 atom stereocenters. The molecule has 0 aromatic carbocycles. The van der Waals surface area contributed by atoms with Crippen molar-refractivity contribution in [3.05, 3.63) is 0 Å². The van der Waals surface area contributed by atoms with E-state index < -0.39 is 11.7 Å². The highest BCUT2D eigenvalue weighted by molar-refractivity contribution is 5.75. The smallest absolute Gasteiger partial charge is 0.311 e. The molecule has 0 aliphatic carbocycles. The zero-order valence-electron chi connectivity index (χ0n) is 11.5. The van der Waals surface area contributed by atoms with Crippen LogP contribution in [0.25, 0.3) is 0 Å². The summed E-state index contributed by atoms with van der Waals surface area (Å²) in [6.07, 6.45) is -0.864. The topological polar surface area (TPSA) is 69.6 Å². The Hall–Kier alpha value is -0.650. The van der Waals surface area contributed by atoms with Gasteiger partial charge in [-0.25, -0.2) is 0 Å². The summed E-state index contributed by atoms with van der Waals surface area (Å²) >= 11 is 0. The van der Waals surface area contributed by atoms with E-state index in [1.54, 1.807) is 0 Å². The van der Waals surface area contributed by atoms with Crippen molar-refractivity contribution in [2.75, 3.05) is 33.8 Å². The summed E-state index contributed by atoms with van der Waals surface area (Å²) in [5, 5.41) is 19.5. The molecule has 1 N–H and O–H groups in total. The monoisotopic (exact) mass is 247 g/mol. The molecule has 0 aromatic heterocycles. The summed E-state index contributed by atoms with van der Waals surface area (Å²) in [5.74, 6) is -0.220. The summed E-state index contributed by atoms with van der Waals surface area (Å²) in [5.41, 5.74) is -0.463. The van der Waals surface area contributed by atoms with Gasteiger partial charge in [0, 0.05) is 6.29 Å². The molecule has 0 bridgehead atoms. The number of quaternary nitrogens is 1. The van der Waals surface area contributed by atoms with Gasteiger partial charge in [-0.2, -0.15) is 0 Å². The standard InChI is InChI=1S/C12H25NO4/c1-6-12(2,3)11(16)17-8-7-13(4,5)9-10(14)15/h10,14H,6-9H2,1-5H3. The fourth-order valence-electron chi connectivity index (χ4n) is 1.24. The van der Waals surface area contributed by atoms with E-state index in [9.17, 15) is 9.90 Å². The van der Waals surface area contributed by atoms with Crippen molar-refractivity contribution >= 4 is 5.97 Å². The van der Waals surface area contributed by atoms with Crippen molar-refractivity contribution in [3.63, 3.8) is 0 Å². The lowest BCUT2D eigenvalue weighted by Crippen LogP contribution is -2.51. The number of aliphatic hydroxyl groups is 1. The van der Waals surface area contributed by atoms with Gasteiger partial charge >= 0.3 is 5.97 Å². The van der Waals surface area contributed by atoms with Crippen LogP contribution in [0.15, 0.2) is 0 Å². The van der Waals surface area contributed by atoms with Crippen LogP contribution in [-0.4, -0.2) is 55.6 Å². The predicted octanol–water partition coefficient (Wildman–Crippen LogP) is -0.279. The maximum absolute atomic E-state index is 11.7. The number of rotatable bonds is 7. The van der Waals surface area contributed by atoms with Gasteiger partial charge in [0.2, 0.25) is 0 Å². The van der Waals surface area contributed by atoms with E-state index in [4.69, 9.17) is 9.84 Å². The molecule has 0 spiro atoms. The fourth-order valence-corrected chi connectivity index (χ4v) is 1.24. The third-order valence-electron chi connectivity index (χ3n) is 3.02. The molecule has 0 fully saturated rings. The molecule has 0 amide bonds. The Morgan fingerprint density at radius 2 is 2.00 bits per heavy atom. The highest BCUT2D eigenvalue weighted by atomic mass is 16.5. The van der Waals surface area contributed by atoms with Crippen LogP contribution in [0, 0.1) is 5.41 Å². The quantitative estimate of drug-likeness (QED) is 0.382. The molecule has 1 unspecified atom stereocenters. The van der Waals surface area contributed by atoms with Crippen LogP contribution in [0.5, 0.6) is 0 Å². The summed E-state index contributed by atoms with van der Waals surface area (Å²) in [4.78, 5) is 11.7. The number of carbonyl (C=O) groups is 1. The third kappa shape index (κ3) is 6.61. The molecule has 0 radical (unpaired) electrons. The Kier molecular flexibility index (Phi) is 6.09. The normalized spacial score (nSPS) is 14.5. The molecule has 0 rings (SSSR count). The van der Waals surface area contributed by atoms with Crippen LogP contribution in [0.4, 0.5) is 0 Å². The van der Waals surface area contributed by atoms with Crippen LogP contribution in [0.2, 0.25) is 0 Å². The number of esters is 1. The van der Waals surface area contributed by atoms with Crippen LogP contribution in [0.3, 0.4) is 0 Å². The predicted molar refractivity (Wildman–Crippen MR) is 62.9 cm³/mol. The molecule has 0 saturated heterocycles. The van der Waals surface area contributed by atoms with Crippen LogP contribution in [0.1, 0.15) is 27.2 Å². The van der Waals surface area contributed by atoms with Crippen LogP contribution in [-0.2, 0) is 9.53 Å². The molecule has 5 nitrogen and oxygen atoms in total. The van der Waals surface area contributed by atoms with Gasteiger partial charge in [-0.3, -0.25) is 4.79 Å². The average Bonchev–Trinajstić information content (AvgIpc) is 2.15. The van der Waals surface area contributed by atoms with Gasteiger partial charge in [-0.15, -0.1) is 0 Å². The third-order valence-corrected chi connectivity index (χ3v) is 3.02. The van der Waals surface area contributed by atoms with E-state index in [0.717, 1.165) is 6.42 Å². The largest absolute Gasteiger partial charge is 0.827 e. The fraction of sp³-hybridized carbons (Fsp3) is 0.917. The minimum atomic E-state index is -1.59. The van der Waals surface area contributed by atoms with E-state index in [0.29, 0.717) is 11.0 Å². The van der Waals surface area contributed by atoms with Crippen molar-refractivity contribution in [2.24, 2.45) is 5.41 Å². The second-order valence-electron chi connectivity index (χ2n) is 5.67. The second-order valence-corrected chi connectivity index (χ2v) is 5.67. The second kappa shape index (κ2) is 6.33. The highest BCUT2D eigenvalue weighted by Gasteiger charge is 2.27. The molecule has 5 heteroatoms. The average molecular weight is 247 g/mol.